The fraction of sp³-hybridized carbons (Fsp3) is 0.429. The molecule has 0 fully saturated rings. The van der Waals surface area contributed by atoms with Gasteiger partial charge in [0.1, 0.15) is 10.7 Å². The normalized spacial score (nSPS) is 11.4. The van der Waals surface area contributed by atoms with Gasteiger partial charge in [0.25, 0.3) is 0 Å². The number of hydrogen-bond donors (Lipinski definition) is 0. The maximum Gasteiger partial charge on any atom is 0.225 e. The summed E-state index contributed by atoms with van der Waals surface area (Å²) in [6.07, 6.45) is 2.56. The summed E-state index contributed by atoms with van der Waals surface area (Å²) in [6.45, 7) is 6.23. The Labute approximate surface area is 132 Å². The Balaban J connectivity index is 2.28. The van der Waals surface area contributed by atoms with E-state index in [0.717, 1.165) is 46.9 Å². The second-order valence-electron chi connectivity index (χ2n) is 4.66. The van der Waals surface area contributed by atoms with Gasteiger partial charge in [0, 0.05) is 17.7 Å². The molecule has 3 aromatic heterocycles. The quantitative estimate of drug-likeness (QED) is 0.689. The van der Waals surface area contributed by atoms with E-state index in [4.69, 9.17) is 11.6 Å². The number of thiophene rings is 1. The lowest BCUT2D eigenvalue weighted by molar-refractivity contribution is 0.773. The lowest BCUT2D eigenvalue weighted by Gasteiger charge is -2.05. The van der Waals surface area contributed by atoms with Crippen LogP contribution in [0.15, 0.2) is 6.07 Å². The second kappa shape index (κ2) is 5.69. The van der Waals surface area contributed by atoms with Crippen molar-refractivity contribution in [3.8, 4) is 5.82 Å². The van der Waals surface area contributed by atoms with Gasteiger partial charge in [-0.3, -0.25) is 0 Å². The van der Waals surface area contributed by atoms with Gasteiger partial charge in [-0.05, 0) is 24.1 Å². The van der Waals surface area contributed by atoms with E-state index in [1.165, 1.54) is 4.88 Å². The Morgan fingerprint density at radius 2 is 1.90 bits per heavy atom. The molecule has 0 radical (unpaired) electrons. The van der Waals surface area contributed by atoms with Crippen LogP contribution in [0.5, 0.6) is 0 Å². The van der Waals surface area contributed by atoms with E-state index < -0.39 is 0 Å². The Kier molecular flexibility index (Phi) is 3.91. The van der Waals surface area contributed by atoms with Crippen LogP contribution in [0.4, 0.5) is 0 Å². The zero-order valence-electron chi connectivity index (χ0n) is 12.2. The van der Waals surface area contributed by atoms with Crippen molar-refractivity contribution in [1.82, 2.24) is 24.7 Å². The molecular weight excluding hydrogens is 306 g/mol. The molecule has 0 saturated carbocycles. The van der Waals surface area contributed by atoms with Gasteiger partial charge in [0.2, 0.25) is 5.28 Å². The molecule has 0 aliphatic rings. The molecule has 0 atom stereocenters. The number of halogens is 1. The van der Waals surface area contributed by atoms with Gasteiger partial charge in [-0.25, -0.2) is 9.97 Å². The molecule has 110 valence electrons. The van der Waals surface area contributed by atoms with Crippen molar-refractivity contribution < 1.29 is 0 Å². The number of nitrogens with zero attached hydrogens (tertiary/aromatic N) is 5. The van der Waals surface area contributed by atoms with E-state index in [9.17, 15) is 0 Å². The highest BCUT2D eigenvalue weighted by molar-refractivity contribution is 7.18. The molecule has 0 unspecified atom stereocenters. The number of fused-ring (bicyclic) bond motifs is 1. The monoisotopic (exact) mass is 321 g/mol. The summed E-state index contributed by atoms with van der Waals surface area (Å²) in [4.78, 5) is 15.4. The SMILES string of the molecule is CCc1nc(CC)n(-c2nc(Cl)nc3sc(CC)cc23)n1. The molecule has 0 saturated heterocycles. The van der Waals surface area contributed by atoms with Gasteiger partial charge in [0.15, 0.2) is 11.6 Å². The zero-order valence-corrected chi connectivity index (χ0v) is 13.8. The van der Waals surface area contributed by atoms with Crippen molar-refractivity contribution in [3.05, 3.63) is 27.9 Å². The fourth-order valence-electron chi connectivity index (χ4n) is 2.21. The van der Waals surface area contributed by atoms with Gasteiger partial charge in [-0.1, -0.05) is 20.8 Å². The van der Waals surface area contributed by atoms with Crippen LogP contribution in [-0.4, -0.2) is 24.7 Å². The topological polar surface area (TPSA) is 56.5 Å². The van der Waals surface area contributed by atoms with Crippen LogP contribution in [0.25, 0.3) is 16.0 Å². The summed E-state index contributed by atoms with van der Waals surface area (Å²) >= 11 is 7.73. The molecular formula is C14H16ClN5S. The van der Waals surface area contributed by atoms with E-state index >= 15 is 0 Å². The third-order valence-corrected chi connectivity index (χ3v) is 4.64. The highest BCUT2D eigenvalue weighted by atomic mass is 35.5. The van der Waals surface area contributed by atoms with Crippen molar-refractivity contribution in [2.45, 2.75) is 40.0 Å². The minimum absolute atomic E-state index is 0.248. The average Bonchev–Trinajstić information content (AvgIpc) is 3.09. The molecule has 3 rings (SSSR count). The maximum absolute atomic E-state index is 6.09. The van der Waals surface area contributed by atoms with Gasteiger partial charge < -0.3 is 0 Å². The molecule has 0 spiro atoms. The van der Waals surface area contributed by atoms with E-state index in [-0.39, 0.29) is 5.28 Å². The van der Waals surface area contributed by atoms with Crippen LogP contribution in [0.1, 0.15) is 37.3 Å². The van der Waals surface area contributed by atoms with Crippen LogP contribution in [-0.2, 0) is 19.3 Å². The second-order valence-corrected chi connectivity index (χ2v) is 6.12. The summed E-state index contributed by atoms with van der Waals surface area (Å²) in [5, 5.41) is 5.79. The van der Waals surface area contributed by atoms with Crippen LogP contribution < -0.4 is 0 Å². The lowest BCUT2D eigenvalue weighted by Crippen LogP contribution is -2.06. The van der Waals surface area contributed by atoms with E-state index in [1.54, 1.807) is 16.0 Å². The van der Waals surface area contributed by atoms with Crippen molar-refractivity contribution in [2.75, 3.05) is 0 Å². The maximum atomic E-state index is 6.09. The number of aromatic nitrogens is 5. The van der Waals surface area contributed by atoms with Crippen LogP contribution in [0.3, 0.4) is 0 Å². The zero-order chi connectivity index (χ0) is 15.0. The number of hydrogen-bond acceptors (Lipinski definition) is 5. The summed E-state index contributed by atoms with van der Waals surface area (Å²) < 4.78 is 1.81. The summed E-state index contributed by atoms with van der Waals surface area (Å²) in [5.41, 5.74) is 0. The van der Waals surface area contributed by atoms with Gasteiger partial charge >= 0.3 is 0 Å². The summed E-state index contributed by atoms with van der Waals surface area (Å²) in [5.74, 6) is 2.44. The van der Waals surface area contributed by atoms with Gasteiger partial charge in [0.05, 0.1) is 5.39 Å². The molecule has 21 heavy (non-hydrogen) atoms. The Morgan fingerprint density at radius 3 is 2.57 bits per heavy atom. The molecule has 0 bridgehead atoms. The van der Waals surface area contributed by atoms with Crippen LogP contribution in [0.2, 0.25) is 5.28 Å². The van der Waals surface area contributed by atoms with Crippen LogP contribution >= 0.6 is 22.9 Å². The first kappa shape index (κ1) is 14.4. The molecule has 0 amide bonds. The summed E-state index contributed by atoms with van der Waals surface area (Å²) in [7, 11) is 0. The predicted octanol–water partition coefficient (Wildman–Crippen LogP) is 3.61. The molecule has 0 aliphatic carbocycles. The standard InChI is InChI=1S/C14H16ClN5S/c1-4-8-7-9-12(17-14(15)18-13(9)21-8)20-11(6-3)16-10(5-2)19-20/h7H,4-6H2,1-3H3. The Morgan fingerprint density at radius 1 is 1.10 bits per heavy atom. The first-order valence-electron chi connectivity index (χ1n) is 7.07. The molecule has 3 heterocycles. The molecule has 0 aliphatic heterocycles. The third kappa shape index (κ3) is 2.53. The number of rotatable bonds is 4. The van der Waals surface area contributed by atoms with Crippen molar-refractivity contribution in [3.63, 3.8) is 0 Å². The first-order chi connectivity index (χ1) is 10.2. The molecule has 3 aromatic rings. The van der Waals surface area contributed by atoms with Gasteiger partial charge in [-0.15, -0.1) is 16.4 Å². The van der Waals surface area contributed by atoms with E-state index in [2.05, 4.69) is 40.0 Å². The molecule has 0 aromatic carbocycles. The average molecular weight is 322 g/mol. The Hall–Kier alpha value is -1.53. The minimum atomic E-state index is 0.248. The van der Waals surface area contributed by atoms with E-state index in [0.29, 0.717) is 0 Å². The highest BCUT2D eigenvalue weighted by Crippen LogP contribution is 2.29. The predicted molar refractivity (Wildman–Crippen MR) is 85.5 cm³/mol. The molecule has 0 N–H and O–H groups in total. The molecule has 5 nitrogen and oxygen atoms in total. The van der Waals surface area contributed by atoms with Crippen molar-refractivity contribution in [2.24, 2.45) is 0 Å². The van der Waals surface area contributed by atoms with Gasteiger partial charge in [-0.2, -0.15) is 9.67 Å². The highest BCUT2D eigenvalue weighted by Gasteiger charge is 2.16. The first-order valence-corrected chi connectivity index (χ1v) is 8.26. The van der Waals surface area contributed by atoms with Crippen LogP contribution in [0, 0.1) is 0 Å². The minimum Gasteiger partial charge on any atom is -0.216 e. The smallest absolute Gasteiger partial charge is 0.216 e. The summed E-state index contributed by atoms with van der Waals surface area (Å²) in [6, 6.07) is 2.12. The number of aryl methyl sites for hydroxylation is 3. The molecule has 7 heteroatoms. The van der Waals surface area contributed by atoms with Crippen molar-refractivity contribution >= 4 is 33.2 Å². The lowest BCUT2D eigenvalue weighted by atomic mass is 10.3. The van der Waals surface area contributed by atoms with E-state index in [1.807, 2.05) is 6.92 Å². The third-order valence-electron chi connectivity index (χ3n) is 3.30. The van der Waals surface area contributed by atoms with Crippen molar-refractivity contribution in [1.29, 1.82) is 0 Å². The fourth-order valence-corrected chi connectivity index (χ4v) is 3.38. The largest absolute Gasteiger partial charge is 0.225 e. The Bertz CT molecular complexity index is 792.